The van der Waals surface area contributed by atoms with E-state index in [2.05, 4.69) is 10.1 Å². The van der Waals surface area contributed by atoms with Gasteiger partial charge in [0.15, 0.2) is 0 Å². The third kappa shape index (κ3) is 3.80. The molecular weight excluding hydrogens is 370 g/mol. The molecule has 0 aliphatic rings. The molecule has 0 saturated carbocycles. The topological polar surface area (TPSA) is 94.2 Å². The molecule has 0 aliphatic carbocycles. The second kappa shape index (κ2) is 7.55. The molecule has 3 aromatic rings. The van der Waals surface area contributed by atoms with E-state index in [4.69, 9.17) is 11.6 Å². The van der Waals surface area contributed by atoms with Crippen molar-refractivity contribution in [2.75, 3.05) is 7.05 Å². The zero-order chi connectivity index (χ0) is 19.6. The third-order valence-corrected chi connectivity index (χ3v) is 4.67. The van der Waals surface area contributed by atoms with Crippen LogP contribution in [0.4, 0.5) is 5.69 Å². The number of nitro benzene ring substituents is 1. The summed E-state index contributed by atoms with van der Waals surface area (Å²) >= 11 is 5.81. The van der Waals surface area contributed by atoms with Crippen molar-refractivity contribution in [3.63, 3.8) is 0 Å². The SMILES string of the molecule is CC(c1ccc(-n2cncn2)cc1)N(C)C(=O)c1ccc(Cl)c([N+](=O)[O-])c1. The van der Waals surface area contributed by atoms with Gasteiger partial charge in [-0.3, -0.25) is 14.9 Å². The van der Waals surface area contributed by atoms with E-state index in [9.17, 15) is 14.9 Å². The number of carbonyl (C=O) groups excluding carboxylic acids is 1. The van der Waals surface area contributed by atoms with E-state index in [1.807, 2.05) is 31.2 Å². The molecule has 0 fully saturated rings. The summed E-state index contributed by atoms with van der Waals surface area (Å²) in [5.41, 5.74) is 1.68. The van der Waals surface area contributed by atoms with Crippen molar-refractivity contribution in [2.45, 2.75) is 13.0 Å². The molecular formula is C18H16ClN5O3. The Balaban J connectivity index is 1.80. The molecule has 8 nitrogen and oxygen atoms in total. The molecule has 9 heteroatoms. The van der Waals surface area contributed by atoms with Gasteiger partial charge in [-0.15, -0.1) is 0 Å². The van der Waals surface area contributed by atoms with Gasteiger partial charge in [0.2, 0.25) is 0 Å². The number of rotatable bonds is 5. The number of carbonyl (C=O) groups is 1. The summed E-state index contributed by atoms with van der Waals surface area (Å²) < 4.78 is 1.64. The normalized spacial score (nSPS) is 11.8. The zero-order valence-electron chi connectivity index (χ0n) is 14.6. The number of hydrogen-bond acceptors (Lipinski definition) is 5. The quantitative estimate of drug-likeness (QED) is 0.493. The van der Waals surface area contributed by atoms with Crippen LogP contribution in [0.5, 0.6) is 0 Å². The number of benzene rings is 2. The van der Waals surface area contributed by atoms with Crippen LogP contribution in [0.2, 0.25) is 5.02 Å². The number of nitro groups is 1. The molecule has 0 bridgehead atoms. The lowest BCUT2D eigenvalue weighted by molar-refractivity contribution is -0.384. The lowest BCUT2D eigenvalue weighted by atomic mass is 10.1. The van der Waals surface area contributed by atoms with Crippen LogP contribution in [-0.4, -0.2) is 37.5 Å². The largest absolute Gasteiger partial charge is 0.335 e. The molecule has 1 heterocycles. The molecule has 0 aliphatic heterocycles. The number of nitrogens with zero attached hydrogens (tertiary/aromatic N) is 5. The highest BCUT2D eigenvalue weighted by molar-refractivity contribution is 6.32. The fourth-order valence-corrected chi connectivity index (χ4v) is 2.82. The lowest BCUT2D eigenvalue weighted by Crippen LogP contribution is -2.29. The minimum atomic E-state index is -0.606. The average molecular weight is 386 g/mol. The van der Waals surface area contributed by atoms with Crippen molar-refractivity contribution in [1.29, 1.82) is 0 Å². The molecule has 0 spiro atoms. The smallest absolute Gasteiger partial charge is 0.288 e. The first kappa shape index (κ1) is 18.5. The predicted molar refractivity (Wildman–Crippen MR) is 100.0 cm³/mol. The maximum absolute atomic E-state index is 12.7. The van der Waals surface area contributed by atoms with Crippen LogP contribution >= 0.6 is 11.6 Å². The Bertz CT molecular complexity index is 973. The van der Waals surface area contributed by atoms with Gasteiger partial charge in [-0.05, 0) is 36.8 Å². The molecule has 27 heavy (non-hydrogen) atoms. The fourth-order valence-electron chi connectivity index (χ4n) is 2.64. The molecule has 1 unspecified atom stereocenters. The van der Waals surface area contributed by atoms with Crippen molar-refractivity contribution in [3.05, 3.63) is 81.4 Å². The highest BCUT2D eigenvalue weighted by Gasteiger charge is 2.22. The van der Waals surface area contributed by atoms with Crippen molar-refractivity contribution in [2.24, 2.45) is 0 Å². The van der Waals surface area contributed by atoms with Gasteiger partial charge in [0.05, 0.1) is 16.7 Å². The minimum absolute atomic E-state index is 0.00375. The summed E-state index contributed by atoms with van der Waals surface area (Å²) in [7, 11) is 1.65. The summed E-state index contributed by atoms with van der Waals surface area (Å²) in [6.07, 6.45) is 3.05. The predicted octanol–water partition coefficient (Wildman–Crippen LogP) is 3.66. The van der Waals surface area contributed by atoms with Crippen molar-refractivity contribution in [1.82, 2.24) is 19.7 Å². The Labute approximate surface area is 160 Å². The van der Waals surface area contributed by atoms with Gasteiger partial charge >= 0.3 is 0 Å². The lowest BCUT2D eigenvalue weighted by Gasteiger charge is -2.25. The van der Waals surface area contributed by atoms with Crippen molar-refractivity contribution < 1.29 is 9.72 Å². The van der Waals surface area contributed by atoms with Crippen LogP contribution in [0.25, 0.3) is 5.69 Å². The third-order valence-electron chi connectivity index (χ3n) is 4.35. The first-order valence-corrected chi connectivity index (χ1v) is 8.42. The molecule has 0 N–H and O–H groups in total. The summed E-state index contributed by atoms with van der Waals surface area (Å²) in [4.78, 5) is 28.6. The highest BCUT2D eigenvalue weighted by Crippen LogP contribution is 2.27. The summed E-state index contributed by atoms with van der Waals surface area (Å²) in [5.74, 6) is -0.331. The summed E-state index contributed by atoms with van der Waals surface area (Å²) in [5, 5.41) is 15.1. The van der Waals surface area contributed by atoms with Gasteiger partial charge in [0, 0.05) is 18.7 Å². The molecule has 2 aromatic carbocycles. The van der Waals surface area contributed by atoms with E-state index >= 15 is 0 Å². The molecule has 0 saturated heterocycles. The van der Waals surface area contributed by atoms with E-state index in [0.29, 0.717) is 0 Å². The Kier molecular flexibility index (Phi) is 5.18. The number of amides is 1. The highest BCUT2D eigenvalue weighted by atomic mass is 35.5. The van der Waals surface area contributed by atoms with E-state index in [1.165, 1.54) is 29.4 Å². The minimum Gasteiger partial charge on any atom is -0.335 e. The molecule has 1 atom stereocenters. The van der Waals surface area contributed by atoms with Crippen molar-refractivity contribution >= 4 is 23.2 Å². The Morgan fingerprint density at radius 3 is 2.56 bits per heavy atom. The number of aromatic nitrogens is 3. The van der Waals surface area contributed by atoms with Gasteiger partial charge in [0.1, 0.15) is 17.7 Å². The first-order valence-electron chi connectivity index (χ1n) is 8.04. The second-order valence-corrected chi connectivity index (χ2v) is 6.35. The second-order valence-electron chi connectivity index (χ2n) is 5.95. The zero-order valence-corrected chi connectivity index (χ0v) is 15.4. The van der Waals surface area contributed by atoms with Crippen LogP contribution in [0.3, 0.4) is 0 Å². The molecule has 138 valence electrons. The molecule has 1 aromatic heterocycles. The summed E-state index contributed by atoms with van der Waals surface area (Å²) in [6, 6.07) is 11.4. The van der Waals surface area contributed by atoms with Gasteiger partial charge < -0.3 is 4.90 Å². The monoisotopic (exact) mass is 385 g/mol. The molecule has 1 amide bonds. The molecule has 0 radical (unpaired) electrons. The van der Waals surface area contributed by atoms with Crippen LogP contribution in [0.1, 0.15) is 28.9 Å². The van der Waals surface area contributed by atoms with E-state index < -0.39 is 4.92 Å². The number of hydrogen-bond donors (Lipinski definition) is 0. The van der Waals surface area contributed by atoms with E-state index in [1.54, 1.807) is 18.1 Å². The Morgan fingerprint density at radius 2 is 1.96 bits per heavy atom. The summed E-state index contributed by atoms with van der Waals surface area (Å²) in [6.45, 7) is 1.88. The van der Waals surface area contributed by atoms with Gasteiger partial charge in [-0.25, -0.2) is 9.67 Å². The van der Waals surface area contributed by atoms with E-state index in [-0.39, 0.29) is 28.2 Å². The van der Waals surface area contributed by atoms with Gasteiger partial charge in [-0.1, -0.05) is 23.7 Å². The van der Waals surface area contributed by atoms with Crippen LogP contribution in [0, 0.1) is 10.1 Å². The number of halogens is 1. The Morgan fingerprint density at radius 1 is 1.26 bits per heavy atom. The maximum Gasteiger partial charge on any atom is 0.288 e. The van der Waals surface area contributed by atoms with Crippen LogP contribution in [0.15, 0.2) is 55.1 Å². The van der Waals surface area contributed by atoms with Crippen LogP contribution < -0.4 is 0 Å². The maximum atomic E-state index is 12.7. The van der Waals surface area contributed by atoms with Gasteiger partial charge in [-0.2, -0.15) is 5.10 Å². The van der Waals surface area contributed by atoms with E-state index in [0.717, 1.165) is 11.3 Å². The van der Waals surface area contributed by atoms with Crippen molar-refractivity contribution in [3.8, 4) is 5.69 Å². The molecule has 3 rings (SSSR count). The fraction of sp³-hybridized carbons (Fsp3) is 0.167. The Hall–Kier alpha value is -3.26. The first-order chi connectivity index (χ1) is 12.9. The van der Waals surface area contributed by atoms with Crippen LogP contribution in [-0.2, 0) is 0 Å². The van der Waals surface area contributed by atoms with Gasteiger partial charge in [0.25, 0.3) is 11.6 Å². The average Bonchev–Trinajstić information content (AvgIpc) is 3.21. The standard InChI is InChI=1S/C18H16ClN5O3/c1-12(13-3-6-15(7-4-13)23-11-20-10-21-23)22(2)18(25)14-5-8-16(19)17(9-14)24(26)27/h3-12H,1-2H3.